The number of aliphatic hydroxyl groups is 1. The van der Waals surface area contributed by atoms with E-state index in [4.69, 9.17) is 20.0 Å². The Hall–Kier alpha value is -3.07. The van der Waals surface area contributed by atoms with Crippen molar-refractivity contribution in [2.45, 2.75) is 31.5 Å². The quantitative estimate of drug-likeness (QED) is 0.284. The Kier molecular flexibility index (Phi) is 7.44. The molecule has 2 rings (SSSR count). The number of carboxylic acids is 1. The number of rotatable bonds is 11. The second-order valence-corrected chi connectivity index (χ2v) is 7.64. The van der Waals surface area contributed by atoms with Gasteiger partial charge in [-0.2, -0.15) is 17.9 Å². The maximum Gasteiger partial charge on any atom is 0.324 e. The molecule has 0 aliphatic rings. The van der Waals surface area contributed by atoms with E-state index in [1.807, 2.05) is 4.72 Å². The molecule has 0 radical (unpaired) electrons. The fourth-order valence-corrected chi connectivity index (χ4v) is 3.69. The lowest BCUT2D eigenvalue weighted by molar-refractivity contribution is -0.141. The highest BCUT2D eigenvalue weighted by Crippen LogP contribution is 2.30. The second kappa shape index (κ2) is 9.62. The maximum atomic E-state index is 12.3. The van der Waals surface area contributed by atoms with Crippen LogP contribution in [0.15, 0.2) is 28.7 Å². The van der Waals surface area contributed by atoms with Crippen molar-refractivity contribution < 1.29 is 37.4 Å². The van der Waals surface area contributed by atoms with Crippen molar-refractivity contribution in [3.8, 4) is 17.2 Å². The predicted molar refractivity (Wildman–Crippen MR) is 101 cm³/mol. The molecule has 3 atom stereocenters. The summed E-state index contributed by atoms with van der Waals surface area (Å²) in [7, 11) is -3.10. The Labute approximate surface area is 171 Å². The van der Waals surface area contributed by atoms with Crippen molar-refractivity contribution in [3.05, 3.63) is 30.2 Å². The summed E-state index contributed by atoms with van der Waals surface area (Å²) in [5, 5.41) is 26.1. The van der Waals surface area contributed by atoms with Gasteiger partial charge in [-0.15, -0.1) is 10.2 Å². The van der Waals surface area contributed by atoms with E-state index >= 15 is 0 Å². The highest BCUT2D eigenvalue weighted by Gasteiger charge is 2.32. The van der Waals surface area contributed by atoms with E-state index in [2.05, 4.69) is 10.2 Å². The number of carbonyl (C=O) groups excluding carboxylic acids is 1. The summed E-state index contributed by atoms with van der Waals surface area (Å²) in [5.41, 5.74) is 5.60. The molecule has 1 unspecified atom stereocenters. The van der Waals surface area contributed by atoms with E-state index < -0.39 is 46.7 Å². The smallest absolute Gasteiger partial charge is 0.324 e. The largest absolute Gasteiger partial charge is 0.496 e. The third-order valence-corrected chi connectivity index (χ3v) is 4.97. The molecule has 0 aliphatic carbocycles. The zero-order valence-electron chi connectivity index (χ0n) is 16.0. The minimum atomic E-state index is -4.53. The number of nitrogens with two attached hydrogens (primary N) is 1. The first-order valence-electron chi connectivity index (χ1n) is 8.49. The Balaban J connectivity index is 2.31. The summed E-state index contributed by atoms with van der Waals surface area (Å²) in [5.74, 6) is -2.36. The van der Waals surface area contributed by atoms with E-state index in [0.29, 0.717) is 11.3 Å². The molecule has 0 saturated heterocycles. The molecule has 0 spiro atoms. The van der Waals surface area contributed by atoms with Crippen LogP contribution in [0.3, 0.4) is 0 Å². The molecular formula is C16H21N5O8S. The number of methoxy groups -OCH3 is 1. The van der Waals surface area contributed by atoms with Gasteiger partial charge in [0.2, 0.25) is 11.8 Å². The molecular weight excluding hydrogens is 422 g/mol. The molecule has 14 heteroatoms. The fraction of sp³-hybridized carbons (Fsp3) is 0.375. The molecule has 0 saturated carbocycles. The molecule has 164 valence electrons. The number of carbonyl (C=O) groups is 2. The number of aromatic nitrogens is 2. The molecule has 0 aliphatic heterocycles. The molecule has 0 bridgehead atoms. The van der Waals surface area contributed by atoms with Crippen molar-refractivity contribution in [2.75, 3.05) is 7.11 Å². The third kappa shape index (κ3) is 5.96. The van der Waals surface area contributed by atoms with Gasteiger partial charge >= 0.3 is 5.97 Å². The monoisotopic (exact) mass is 443 g/mol. The molecule has 1 heterocycles. The number of para-hydroxylation sites is 1. The van der Waals surface area contributed by atoms with Gasteiger partial charge in [0.25, 0.3) is 16.1 Å². The first-order chi connectivity index (χ1) is 14.0. The summed E-state index contributed by atoms with van der Waals surface area (Å²) >= 11 is 0. The van der Waals surface area contributed by atoms with E-state index in [1.54, 1.807) is 29.0 Å². The summed E-state index contributed by atoms with van der Waals surface area (Å²) in [6.07, 6.45) is -2.09. The standard InChI is InChI=1S/C16H21N5O8S/c1-8(22)13(16(24)25)21-30(26,27)20-10(7-12(17)23)15-19-18-14(29-15)9-5-3-4-6-11(9)28-2/h3-6,8,10,13,20-22H,7H2,1-2H3,(H2,17,23)(H,24,25)/t8?,10-,13-/m0/s1. The van der Waals surface area contributed by atoms with Crippen LogP contribution in [0.2, 0.25) is 0 Å². The zero-order chi connectivity index (χ0) is 22.5. The summed E-state index contributed by atoms with van der Waals surface area (Å²) in [6.45, 7) is 1.10. The third-order valence-electron chi connectivity index (χ3n) is 3.81. The van der Waals surface area contributed by atoms with Crippen molar-refractivity contribution in [1.29, 1.82) is 0 Å². The number of ether oxygens (including phenoxy) is 1. The van der Waals surface area contributed by atoms with Crippen molar-refractivity contribution in [1.82, 2.24) is 19.6 Å². The number of amides is 1. The molecule has 13 nitrogen and oxygen atoms in total. The first-order valence-corrected chi connectivity index (χ1v) is 9.98. The number of primary amides is 1. The summed E-state index contributed by atoms with van der Waals surface area (Å²) in [6, 6.07) is 3.47. The van der Waals surface area contributed by atoms with E-state index in [0.717, 1.165) is 6.92 Å². The SMILES string of the molecule is COc1ccccc1-c1nnc([C@H](CC(N)=O)NS(=O)(=O)N[C@H](C(=O)O)C(C)O)o1. The van der Waals surface area contributed by atoms with Crippen LogP contribution >= 0.6 is 0 Å². The number of nitrogens with zero attached hydrogens (tertiary/aromatic N) is 2. The number of aliphatic hydroxyl groups excluding tert-OH is 1. The fourth-order valence-electron chi connectivity index (χ4n) is 2.43. The van der Waals surface area contributed by atoms with Crippen LogP contribution in [0.1, 0.15) is 25.3 Å². The lowest BCUT2D eigenvalue weighted by atomic mass is 10.2. The maximum absolute atomic E-state index is 12.3. The van der Waals surface area contributed by atoms with Gasteiger partial charge in [0, 0.05) is 0 Å². The molecule has 2 aromatic rings. The molecule has 1 aromatic heterocycles. The Morgan fingerprint density at radius 1 is 1.27 bits per heavy atom. The molecule has 0 fully saturated rings. The van der Waals surface area contributed by atoms with Gasteiger partial charge in [-0.3, -0.25) is 9.59 Å². The Morgan fingerprint density at radius 3 is 2.50 bits per heavy atom. The predicted octanol–water partition coefficient (Wildman–Crippen LogP) is -1.08. The van der Waals surface area contributed by atoms with Gasteiger partial charge in [0.1, 0.15) is 17.8 Å². The van der Waals surface area contributed by atoms with Crippen molar-refractivity contribution >= 4 is 22.1 Å². The number of hydrogen-bond acceptors (Lipinski definition) is 9. The van der Waals surface area contributed by atoms with Crippen LogP contribution in [-0.4, -0.2) is 60.0 Å². The van der Waals surface area contributed by atoms with E-state index in [9.17, 15) is 23.1 Å². The van der Waals surface area contributed by atoms with Gasteiger partial charge in [0.05, 0.1) is 25.2 Å². The highest BCUT2D eigenvalue weighted by molar-refractivity contribution is 7.87. The van der Waals surface area contributed by atoms with Gasteiger partial charge in [-0.1, -0.05) is 12.1 Å². The van der Waals surface area contributed by atoms with Crippen LogP contribution in [0.4, 0.5) is 0 Å². The number of carboxylic acid groups (broad SMARTS) is 1. The lowest BCUT2D eigenvalue weighted by Crippen LogP contribution is -2.52. The number of nitrogens with one attached hydrogen (secondary N) is 2. The normalized spacial score (nSPS) is 14.6. The summed E-state index contributed by atoms with van der Waals surface area (Å²) in [4.78, 5) is 22.5. The van der Waals surface area contributed by atoms with Crippen LogP contribution < -0.4 is 19.9 Å². The molecule has 1 aromatic carbocycles. The van der Waals surface area contributed by atoms with E-state index in [-0.39, 0.29) is 11.8 Å². The Bertz CT molecular complexity index is 1010. The van der Waals surface area contributed by atoms with Crippen LogP contribution in [0.25, 0.3) is 11.5 Å². The first kappa shape index (κ1) is 23.2. The minimum Gasteiger partial charge on any atom is -0.496 e. The van der Waals surface area contributed by atoms with Gasteiger partial charge in [0.15, 0.2) is 0 Å². The van der Waals surface area contributed by atoms with Crippen molar-refractivity contribution in [2.24, 2.45) is 5.73 Å². The number of aliphatic carboxylic acids is 1. The van der Waals surface area contributed by atoms with Crippen LogP contribution in [0, 0.1) is 0 Å². The van der Waals surface area contributed by atoms with Gasteiger partial charge in [-0.05, 0) is 19.1 Å². The van der Waals surface area contributed by atoms with E-state index in [1.165, 1.54) is 7.11 Å². The zero-order valence-corrected chi connectivity index (χ0v) is 16.8. The average molecular weight is 443 g/mol. The number of hydrogen-bond donors (Lipinski definition) is 5. The van der Waals surface area contributed by atoms with Gasteiger partial charge in [-0.25, -0.2) is 0 Å². The highest BCUT2D eigenvalue weighted by atomic mass is 32.2. The number of benzene rings is 1. The van der Waals surface area contributed by atoms with Gasteiger partial charge < -0.3 is 25.1 Å². The molecule has 6 N–H and O–H groups in total. The van der Waals surface area contributed by atoms with Crippen LogP contribution in [-0.2, 0) is 19.8 Å². The molecule has 30 heavy (non-hydrogen) atoms. The molecule has 1 amide bonds. The lowest BCUT2D eigenvalue weighted by Gasteiger charge is -2.19. The topological polar surface area (TPSA) is 207 Å². The van der Waals surface area contributed by atoms with Crippen LogP contribution in [0.5, 0.6) is 5.75 Å². The summed E-state index contributed by atoms with van der Waals surface area (Å²) < 4.78 is 39.2. The Morgan fingerprint density at radius 2 is 1.93 bits per heavy atom. The average Bonchev–Trinajstić information content (AvgIpc) is 3.14. The second-order valence-electron chi connectivity index (χ2n) is 6.16. The van der Waals surface area contributed by atoms with Crippen molar-refractivity contribution in [3.63, 3.8) is 0 Å². The minimum absolute atomic E-state index is 0.00327.